The van der Waals surface area contributed by atoms with Gasteiger partial charge in [-0.3, -0.25) is 28.8 Å². The smallest absolute Gasteiger partial charge is 0.289 e. The Balaban J connectivity index is 1.33. The van der Waals surface area contributed by atoms with Gasteiger partial charge in [0, 0.05) is 23.9 Å². The molecule has 11 nitrogen and oxygen atoms in total. The van der Waals surface area contributed by atoms with Crippen molar-refractivity contribution in [1.82, 2.24) is 26.6 Å². The Morgan fingerprint density at radius 1 is 0.860 bits per heavy atom. The molecule has 4 atom stereocenters. The van der Waals surface area contributed by atoms with E-state index in [1.807, 2.05) is 0 Å². The quantitative estimate of drug-likeness (QED) is 0.202. The van der Waals surface area contributed by atoms with Crippen LogP contribution < -0.4 is 26.6 Å². The fraction of sp³-hybridized carbons (Fsp3) is 0.812. The molecule has 5 saturated carbocycles. The third-order valence-electron chi connectivity index (χ3n) is 10.2. The zero-order valence-corrected chi connectivity index (χ0v) is 25.9. The fourth-order valence-corrected chi connectivity index (χ4v) is 7.35. The van der Waals surface area contributed by atoms with Gasteiger partial charge in [0.15, 0.2) is 0 Å². The van der Waals surface area contributed by atoms with Crippen LogP contribution in [-0.2, 0) is 28.8 Å². The van der Waals surface area contributed by atoms with E-state index in [1.54, 1.807) is 20.8 Å². The number of piperidine rings is 1. The molecule has 0 aromatic carbocycles. The van der Waals surface area contributed by atoms with Crippen molar-refractivity contribution < 1.29 is 28.8 Å². The van der Waals surface area contributed by atoms with Crippen LogP contribution in [0.25, 0.3) is 0 Å². The first kappa shape index (κ1) is 31.4. The Morgan fingerprint density at radius 2 is 1.51 bits per heavy atom. The van der Waals surface area contributed by atoms with E-state index in [9.17, 15) is 28.8 Å². The monoisotopic (exact) mass is 599 g/mol. The van der Waals surface area contributed by atoms with Crippen LogP contribution >= 0.6 is 0 Å². The number of rotatable bonds is 13. The predicted molar refractivity (Wildman–Crippen MR) is 158 cm³/mol. The van der Waals surface area contributed by atoms with Gasteiger partial charge in [-0.25, -0.2) is 0 Å². The van der Waals surface area contributed by atoms with Gasteiger partial charge in [-0.2, -0.15) is 0 Å². The van der Waals surface area contributed by atoms with E-state index in [0.29, 0.717) is 25.3 Å². The standard InChI is InChI=1S/C32H49N5O6/c1-31(2,3)30(43)37-24(19-7-4-5-8-19)28(41)36-23(17-32-14-18(15-32)16-32)27(40)35-22(13-20-9-6-12-33-26(20)39)25(38)29(42)34-21-10-11-21/h18-24H,4-17H2,1-3H3,(H,33,39)(H,34,42)(H,35,40)(H,36,41)(H,37,43)/t18?,20-,22-,23-,24+,32?/m0/s1. The number of carbonyl (C=O) groups is 6. The van der Waals surface area contributed by atoms with Crippen molar-refractivity contribution in [2.45, 2.75) is 128 Å². The van der Waals surface area contributed by atoms with E-state index in [0.717, 1.165) is 64.2 Å². The molecule has 11 heteroatoms. The van der Waals surface area contributed by atoms with Crippen LogP contribution in [0.15, 0.2) is 0 Å². The SMILES string of the molecule is CC(C)(C)C(=O)N[C@@H](C(=O)N[C@@H](CC12CC(C1)C2)C(=O)N[C@@H](C[C@@H]1CCCNC1=O)C(=O)C(=O)NC1CC1)C1CCCC1. The van der Waals surface area contributed by atoms with E-state index >= 15 is 0 Å². The van der Waals surface area contributed by atoms with Gasteiger partial charge in [-0.05, 0) is 87.9 Å². The molecule has 1 saturated heterocycles. The number of hydrogen-bond donors (Lipinski definition) is 5. The number of nitrogens with one attached hydrogen (secondary N) is 5. The molecule has 5 amide bonds. The molecular formula is C32H49N5O6. The maximum Gasteiger partial charge on any atom is 0.289 e. The lowest BCUT2D eigenvalue weighted by atomic mass is 9.43. The lowest BCUT2D eigenvalue weighted by Crippen LogP contribution is -2.62. The summed E-state index contributed by atoms with van der Waals surface area (Å²) in [4.78, 5) is 79.4. The van der Waals surface area contributed by atoms with Crippen LogP contribution in [0, 0.1) is 28.6 Å². The molecule has 0 radical (unpaired) electrons. The lowest BCUT2D eigenvalue weighted by molar-refractivity contribution is -0.145. The fourth-order valence-electron chi connectivity index (χ4n) is 7.35. The second-order valence-electron chi connectivity index (χ2n) is 15.0. The predicted octanol–water partition coefficient (Wildman–Crippen LogP) is 1.63. The Hall–Kier alpha value is -2.98. The molecule has 6 rings (SSSR count). The first-order valence-electron chi connectivity index (χ1n) is 16.4. The van der Waals surface area contributed by atoms with Gasteiger partial charge >= 0.3 is 0 Å². The topological polar surface area (TPSA) is 163 Å². The highest BCUT2D eigenvalue weighted by molar-refractivity contribution is 6.38. The molecule has 5 aliphatic carbocycles. The average molecular weight is 600 g/mol. The minimum Gasteiger partial charge on any atom is -0.356 e. The van der Waals surface area contributed by atoms with Gasteiger partial charge in [0.25, 0.3) is 5.91 Å². The summed E-state index contributed by atoms with van der Waals surface area (Å²) in [7, 11) is 0. The van der Waals surface area contributed by atoms with Gasteiger partial charge in [-0.15, -0.1) is 0 Å². The zero-order chi connectivity index (χ0) is 30.9. The highest BCUT2D eigenvalue weighted by atomic mass is 16.2. The molecule has 0 aromatic heterocycles. The second kappa shape index (κ2) is 12.6. The minimum atomic E-state index is -1.18. The summed E-state index contributed by atoms with van der Waals surface area (Å²) in [5, 5.41) is 14.3. The van der Waals surface area contributed by atoms with Gasteiger partial charge in [0.1, 0.15) is 12.1 Å². The molecule has 238 valence electrons. The summed E-state index contributed by atoms with van der Waals surface area (Å²) >= 11 is 0. The summed E-state index contributed by atoms with van der Waals surface area (Å²) in [6.45, 7) is 5.96. The molecule has 0 aromatic rings. The number of Topliss-reactive ketones (excluding diaryl/α,β-unsaturated/α-hetero) is 1. The summed E-state index contributed by atoms with van der Waals surface area (Å²) in [6, 6.07) is -2.90. The van der Waals surface area contributed by atoms with Crippen LogP contribution in [0.2, 0.25) is 0 Å². The van der Waals surface area contributed by atoms with E-state index < -0.39 is 53.0 Å². The van der Waals surface area contributed by atoms with Gasteiger partial charge in [0.2, 0.25) is 29.4 Å². The van der Waals surface area contributed by atoms with Crippen molar-refractivity contribution in [3.63, 3.8) is 0 Å². The van der Waals surface area contributed by atoms with Gasteiger partial charge < -0.3 is 26.6 Å². The maximum absolute atomic E-state index is 13.9. The Labute approximate surface area is 254 Å². The average Bonchev–Trinajstić information content (AvgIpc) is 3.55. The van der Waals surface area contributed by atoms with Crippen molar-refractivity contribution in [2.75, 3.05) is 6.54 Å². The Kier molecular flexibility index (Phi) is 9.18. The van der Waals surface area contributed by atoms with Crippen molar-refractivity contribution in [1.29, 1.82) is 0 Å². The van der Waals surface area contributed by atoms with E-state index in [-0.39, 0.29) is 35.6 Å². The highest BCUT2D eigenvalue weighted by Gasteiger charge is 2.57. The van der Waals surface area contributed by atoms with Crippen LogP contribution in [0.3, 0.4) is 0 Å². The van der Waals surface area contributed by atoms with E-state index in [1.165, 1.54) is 0 Å². The van der Waals surface area contributed by atoms with Gasteiger partial charge in [0.05, 0.1) is 6.04 Å². The normalized spacial score (nSPS) is 28.7. The number of hydrogen-bond acceptors (Lipinski definition) is 6. The highest BCUT2D eigenvalue weighted by Crippen LogP contribution is 2.66. The first-order valence-corrected chi connectivity index (χ1v) is 16.4. The molecule has 2 bridgehead atoms. The Bertz CT molecular complexity index is 1120. The van der Waals surface area contributed by atoms with E-state index in [2.05, 4.69) is 26.6 Å². The number of carbonyl (C=O) groups excluding carboxylic acids is 6. The maximum atomic E-state index is 13.9. The summed E-state index contributed by atoms with van der Waals surface area (Å²) in [6.07, 6.45) is 10.0. The molecule has 0 spiro atoms. The molecule has 43 heavy (non-hydrogen) atoms. The molecular weight excluding hydrogens is 550 g/mol. The minimum absolute atomic E-state index is 0.0103. The molecule has 6 aliphatic rings. The van der Waals surface area contributed by atoms with Crippen LogP contribution in [-0.4, -0.2) is 66.0 Å². The summed E-state index contributed by atoms with van der Waals surface area (Å²) < 4.78 is 0. The lowest BCUT2D eigenvalue weighted by Gasteiger charge is -2.63. The zero-order valence-electron chi connectivity index (χ0n) is 25.9. The number of ketones is 1. The van der Waals surface area contributed by atoms with Crippen LogP contribution in [0.5, 0.6) is 0 Å². The van der Waals surface area contributed by atoms with Crippen molar-refractivity contribution in [2.24, 2.45) is 28.6 Å². The van der Waals surface area contributed by atoms with Crippen LogP contribution in [0.4, 0.5) is 0 Å². The van der Waals surface area contributed by atoms with Crippen molar-refractivity contribution in [3.05, 3.63) is 0 Å². The molecule has 6 fully saturated rings. The van der Waals surface area contributed by atoms with Crippen LogP contribution in [0.1, 0.15) is 104 Å². The number of amides is 5. The molecule has 1 aliphatic heterocycles. The largest absolute Gasteiger partial charge is 0.356 e. The third kappa shape index (κ3) is 7.58. The summed E-state index contributed by atoms with van der Waals surface area (Å²) in [5.74, 6) is -2.70. The molecule has 5 N–H and O–H groups in total. The first-order chi connectivity index (χ1) is 20.3. The Morgan fingerprint density at radius 3 is 2.07 bits per heavy atom. The second-order valence-corrected chi connectivity index (χ2v) is 15.0. The van der Waals surface area contributed by atoms with E-state index in [4.69, 9.17) is 0 Å². The molecule has 1 heterocycles. The molecule has 0 unspecified atom stereocenters. The summed E-state index contributed by atoms with van der Waals surface area (Å²) in [5.41, 5.74) is -0.691. The third-order valence-corrected chi connectivity index (χ3v) is 10.2. The van der Waals surface area contributed by atoms with Crippen molar-refractivity contribution >= 4 is 35.3 Å². The van der Waals surface area contributed by atoms with Gasteiger partial charge in [-0.1, -0.05) is 33.6 Å². The van der Waals surface area contributed by atoms with Crippen molar-refractivity contribution in [3.8, 4) is 0 Å².